The van der Waals surface area contributed by atoms with Gasteiger partial charge >= 0.3 is 5.97 Å². The van der Waals surface area contributed by atoms with E-state index >= 15 is 4.39 Å². The smallest absolute Gasteiger partial charge is 0.316 e. The summed E-state index contributed by atoms with van der Waals surface area (Å²) in [4.78, 5) is 28.0. The number of halogens is 1. The second kappa shape index (κ2) is 8.32. The number of carbonyl (C=O) groups is 2. The summed E-state index contributed by atoms with van der Waals surface area (Å²) in [6.45, 7) is 2.64. The molecular formula is C19H27FN4O4. The van der Waals surface area contributed by atoms with Crippen molar-refractivity contribution in [1.29, 1.82) is 0 Å². The first kappa shape index (κ1) is 20.3. The van der Waals surface area contributed by atoms with E-state index in [0.717, 1.165) is 12.5 Å². The molecular weight excluding hydrogens is 367 g/mol. The summed E-state index contributed by atoms with van der Waals surface area (Å²) >= 11 is 0. The predicted molar refractivity (Wildman–Crippen MR) is 104 cm³/mol. The Balaban J connectivity index is 2.12. The fourth-order valence-corrected chi connectivity index (χ4v) is 4.08. The molecule has 0 aliphatic carbocycles. The van der Waals surface area contributed by atoms with Gasteiger partial charge in [0.1, 0.15) is 11.6 Å². The Kier molecular flexibility index (Phi) is 6.04. The Bertz CT molecular complexity index is 773. The van der Waals surface area contributed by atoms with Crippen molar-refractivity contribution in [2.75, 3.05) is 56.2 Å². The van der Waals surface area contributed by atoms with Gasteiger partial charge in [0.25, 0.3) is 0 Å². The largest absolute Gasteiger partial charge is 0.492 e. The van der Waals surface area contributed by atoms with E-state index in [1.54, 1.807) is 4.90 Å². The van der Waals surface area contributed by atoms with E-state index in [9.17, 15) is 14.7 Å². The fraction of sp³-hybridized carbons (Fsp3) is 0.579. The minimum Gasteiger partial charge on any atom is -0.492 e. The van der Waals surface area contributed by atoms with E-state index in [1.807, 2.05) is 4.90 Å². The number of methoxy groups -OCH3 is 1. The molecule has 1 aromatic rings. The first-order valence-corrected chi connectivity index (χ1v) is 9.50. The molecule has 2 aliphatic heterocycles. The number of ether oxygens (including phenoxy) is 1. The lowest BCUT2D eigenvalue weighted by molar-refractivity contribution is -0.139. The zero-order valence-corrected chi connectivity index (χ0v) is 16.0. The lowest BCUT2D eigenvalue weighted by Gasteiger charge is -2.36. The van der Waals surface area contributed by atoms with Crippen LogP contribution in [0.1, 0.15) is 23.2 Å². The monoisotopic (exact) mass is 394 g/mol. The normalized spacial score (nSPS) is 21.8. The number of carboxylic acids is 1. The van der Waals surface area contributed by atoms with Crippen LogP contribution in [0.2, 0.25) is 0 Å². The highest BCUT2D eigenvalue weighted by atomic mass is 19.1. The van der Waals surface area contributed by atoms with Gasteiger partial charge in [0.15, 0.2) is 17.3 Å². The molecule has 0 spiro atoms. The summed E-state index contributed by atoms with van der Waals surface area (Å²) in [5.41, 5.74) is 12.2. The summed E-state index contributed by atoms with van der Waals surface area (Å²) < 4.78 is 20.7. The van der Waals surface area contributed by atoms with Gasteiger partial charge in [0.2, 0.25) is 0 Å². The number of hydrogen-bond donors (Lipinski definition) is 3. The van der Waals surface area contributed by atoms with Crippen molar-refractivity contribution in [1.82, 2.24) is 0 Å². The molecule has 2 aliphatic rings. The number of carboxylic acid groups (broad SMARTS) is 1. The zero-order chi connectivity index (χ0) is 20.4. The number of Topliss-reactive ketones (excluding diaryl/α,β-unsaturated/α-hetero) is 1. The molecule has 9 heteroatoms. The number of ketones is 1. The van der Waals surface area contributed by atoms with Crippen LogP contribution < -0.4 is 26.0 Å². The van der Waals surface area contributed by atoms with Crippen LogP contribution in [0.5, 0.6) is 5.75 Å². The summed E-state index contributed by atoms with van der Waals surface area (Å²) in [5, 5.41) is 9.44. The van der Waals surface area contributed by atoms with E-state index < -0.39 is 23.5 Å². The third-order valence-electron chi connectivity index (χ3n) is 5.55. The highest BCUT2D eigenvalue weighted by Gasteiger charge is 2.41. The van der Waals surface area contributed by atoms with E-state index in [2.05, 4.69) is 0 Å². The number of nitrogens with zero attached hydrogens (tertiary/aromatic N) is 2. The molecule has 0 saturated carbocycles. The van der Waals surface area contributed by atoms with Crippen molar-refractivity contribution >= 4 is 23.1 Å². The predicted octanol–water partition coefficient (Wildman–Crippen LogP) is 0.672. The van der Waals surface area contributed by atoms with Crippen molar-refractivity contribution in [2.24, 2.45) is 23.3 Å². The molecule has 1 aromatic carbocycles. The molecule has 3 rings (SSSR count). The third kappa shape index (κ3) is 3.51. The molecule has 2 heterocycles. The van der Waals surface area contributed by atoms with Gasteiger partial charge in [-0.15, -0.1) is 0 Å². The highest BCUT2D eigenvalue weighted by molar-refractivity contribution is 6.14. The average molecular weight is 394 g/mol. The van der Waals surface area contributed by atoms with E-state index in [4.69, 9.17) is 16.2 Å². The number of anilines is 2. The van der Waals surface area contributed by atoms with Gasteiger partial charge in [0, 0.05) is 31.7 Å². The van der Waals surface area contributed by atoms with Crippen LogP contribution in [-0.4, -0.2) is 63.2 Å². The van der Waals surface area contributed by atoms with Crippen LogP contribution in [0.25, 0.3) is 0 Å². The average Bonchev–Trinajstić information content (AvgIpc) is 3.15. The van der Waals surface area contributed by atoms with Gasteiger partial charge in [-0.05, 0) is 37.9 Å². The quantitative estimate of drug-likeness (QED) is 0.577. The minimum absolute atomic E-state index is 0.00796. The van der Waals surface area contributed by atoms with Crippen LogP contribution in [-0.2, 0) is 4.79 Å². The second-order valence-electron chi connectivity index (χ2n) is 7.32. The Labute approximate surface area is 163 Å². The Morgan fingerprint density at radius 2 is 2.11 bits per heavy atom. The molecule has 28 heavy (non-hydrogen) atoms. The first-order chi connectivity index (χ1) is 13.4. The topological polar surface area (TPSA) is 122 Å². The van der Waals surface area contributed by atoms with Gasteiger partial charge in [-0.3, -0.25) is 9.59 Å². The van der Waals surface area contributed by atoms with Crippen molar-refractivity contribution in [2.45, 2.75) is 12.8 Å². The van der Waals surface area contributed by atoms with E-state index in [-0.39, 0.29) is 23.8 Å². The van der Waals surface area contributed by atoms with Gasteiger partial charge in [-0.25, -0.2) is 4.39 Å². The summed E-state index contributed by atoms with van der Waals surface area (Å²) in [5.74, 6) is -3.12. The SMILES string of the molecule is COc1c(N2CC[C@@H](CN)C2)c(F)cc2c1N(CCCN)CC(C(=O)O)C2=O. The fourth-order valence-electron chi connectivity index (χ4n) is 4.08. The van der Waals surface area contributed by atoms with Gasteiger partial charge in [-0.2, -0.15) is 0 Å². The van der Waals surface area contributed by atoms with Crippen LogP contribution in [0.3, 0.4) is 0 Å². The van der Waals surface area contributed by atoms with Gasteiger partial charge in [-0.1, -0.05) is 0 Å². The summed E-state index contributed by atoms with van der Waals surface area (Å²) in [6, 6.07) is 1.15. The summed E-state index contributed by atoms with van der Waals surface area (Å²) in [6.07, 6.45) is 1.46. The molecule has 0 bridgehead atoms. The Hall–Kier alpha value is -2.39. The zero-order valence-electron chi connectivity index (χ0n) is 16.0. The Morgan fingerprint density at radius 3 is 2.68 bits per heavy atom. The van der Waals surface area contributed by atoms with Gasteiger partial charge < -0.3 is 31.1 Å². The first-order valence-electron chi connectivity index (χ1n) is 9.50. The van der Waals surface area contributed by atoms with Crippen LogP contribution >= 0.6 is 0 Å². The van der Waals surface area contributed by atoms with Crippen molar-refractivity contribution < 1.29 is 23.8 Å². The molecule has 1 saturated heterocycles. The number of aliphatic carboxylic acids is 1. The molecule has 1 unspecified atom stereocenters. The molecule has 5 N–H and O–H groups in total. The third-order valence-corrected chi connectivity index (χ3v) is 5.55. The summed E-state index contributed by atoms with van der Waals surface area (Å²) in [7, 11) is 1.43. The molecule has 0 amide bonds. The lowest BCUT2D eigenvalue weighted by atomic mass is 9.89. The Morgan fingerprint density at radius 1 is 1.36 bits per heavy atom. The number of carbonyl (C=O) groups excluding carboxylic acids is 1. The number of rotatable bonds is 7. The highest BCUT2D eigenvalue weighted by Crippen LogP contribution is 2.47. The number of benzene rings is 1. The second-order valence-corrected chi connectivity index (χ2v) is 7.32. The van der Waals surface area contributed by atoms with Crippen LogP contribution in [0, 0.1) is 17.7 Å². The molecule has 0 radical (unpaired) electrons. The maximum Gasteiger partial charge on any atom is 0.316 e. The van der Waals surface area contributed by atoms with Gasteiger partial charge in [0.05, 0.1) is 12.8 Å². The van der Waals surface area contributed by atoms with E-state index in [1.165, 1.54) is 7.11 Å². The minimum atomic E-state index is -1.24. The van der Waals surface area contributed by atoms with Crippen LogP contribution in [0.4, 0.5) is 15.8 Å². The molecule has 154 valence electrons. The van der Waals surface area contributed by atoms with E-state index in [0.29, 0.717) is 50.5 Å². The molecule has 2 atom stereocenters. The van der Waals surface area contributed by atoms with Crippen molar-refractivity contribution in [3.63, 3.8) is 0 Å². The molecule has 8 nitrogen and oxygen atoms in total. The van der Waals surface area contributed by atoms with Crippen molar-refractivity contribution in [3.05, 3.63) is 17.4 Å². The molecule has 1 fully saturated rings. The van der Waals surface area contributed by atoms with Crippen molar-refractivity contribution in [3.8, 4) is 5.75 Å². The maximum absolute atomic E-state index is 15.1. The molecule has 0 aromatic heterocycles. The lowest BCUT2D eigenvalue weighted by Crippen LogP contribution is -2.44. The van der Waals surface area contributed by atoms with Crippen LogP contribution in [0.15, 0.2) is 6.07 Å². The maximum atomic E-state index is 15.1. The number of nitrogens with two attached hydrogens (primary N) is 2. The number of hydrogen-bond acceptors (Lipinski definition) is 7. The number of fused-ring (bicyclic) bond motifs is 1. The standard InChI is InChI=1S/C19H27FN4O4/c1-28-18-15-12(7-14(20)16(18)24-6-3-11(8-22)9-24)17(25)13(19(26)27)10-23(15)5-2-4-21/h7,11,13H,2-6,8-10,21-22H2,1H3,(H,26,27)/t11-,13?/m0/s1.